The molecular formula is C21H16F3N5O. The highest BCUT2D eigenvalue weighted by molar-refractivity contribution is 5.89. The molecule has 0 fully saturated rings. The van der Waals surface area contributed by atoms with Crippen LogP contribution in [-0.2, 0) is 23.8 Å². The number of benzene rings is 1. The Labute approximate surface area is 169 Å². The molecule has 3 N–H and O–H groups in total. The molecule has 0 unspecified atom stereocenters. The first-order valence-electron chi connectivity index (χ1n) is 9.04. The van der Waals surface area contributed by atoms with Crippen LogP contribution in [0.15, 0.2) is 54.9 Å². The number of anilines is 1. The Morgan fingerprint density at radius 3 is 2.43 bits per heavy atom. The van der Waals surface area contributed by atoms with E-state index in [9.17, 15) is 18.0 Å². The molecule has 2 heterocycles. The van der Waals surface area contributed by atoms with Crippen LogP contribution in [0.25, 0.3) is 17.0 Å². The van der Waals surface area contributed by atoms with Gasteiger partial charge in [-0.05, 0) is 29.8 Å². The van der Waals surface area contributed by atoms with E-state index in [0.717, 1.165) is 29.0 Å². The minimum absolute atomic E-state index is 0.0287. The van der Waals surface area contributed by atoms with Gasteiger partial charge in [-0.3, -0.25) is 9.78 Å². The van der Waals surface area contributed by atoms with Crippen LogP contribution >= 0.6 is 0 Å². The second-order valence-electron chi connectivity index (χ2n) is 6.76. The molecule has 0 saturated carbocycles. The Morgan fingerprint density at radius 1 is 1.07 bits per heavy atom. The highest BCUT2D eigenvalue weighted by atomic mass is 19.4. The number of nitrogen functional groups attached to an aromatic ring is 1. The Hall–Kier alpha value is -3.75. The molecule has 30 heavy (non-hydrogen) atoms. The van der Waals surface area contributed by atoms with Crippen molar-refractivity contribution in [1.29, 1.82) is 0 Å². The van der Waals surface area contributed by atoms with Crippen LogP contribution in [0, 0.1) is 0 Å². The smallest absolute Gasteiger partial charge is 0.368 e. The fourth-order valence-electron chi connectivity index (χ4n) is 3.15. The van der Waals surface area contributed by atoms with Crippen molar-refractivity contribution in [2.45, 2.75) is 19.0 Å². The van der Waals surface area contributed by atoms with E-state index < -0.39 is 11.7 Å². The molecule has 3 aromatic rings. The average molecular weight is 411 g/mol. The molecule has 1 aliphatic rings. The van der Waals surface area contributed by atoms with Crippen molar-refractivity contribution >= 4 is 17.6 Å². The van der Waals surface area contributed by atoms with Crippen LogP contribution in [0.1, 0.15) is 22.4 Å². The Kier molecular flexibility index (Phi) is 4.94. The molecule has 4 rings (SSSR count). The van der Waals surface area contributed by atoms with Crippen molar-refractivity contribution in [3.8, 4) is 11.3 Å². The Bertz CT molecular complexity index is 1120. The molecular weight excluding hydrogens is 395 g/mol. The molecule has 152 valence electrons. The van der Waals surface area contributed by atoms with E-state index in [0.29, 0.717) is 23.4 Å². The van der Waals surface area contributed by atoms with Crippen molar-refractivity contribution < 1.29 is 18.0 Å². The number of rotatable bonds is 4. The minimum atomic E-state index is -4.40. The van der Waals surface area contributed by atoms with E-state index in [4.69, 9.17) is 5.73 Å². The van der Waals surface area contributed by atoms with Gasteiger partial charge in [0.25, 0.3) is 0 Å². The van der Waals surface area contributed by atoms with E-state index in [1.807, 2.05) is 12.1 Å². The first kappa shape index (κ1) is 19.6. The SMILES string of the molecule is Nc1ncc(-c2ccc3c(n2)CC=C3NC(=O)Cc2ccc(C(F)(F)F)cc2)cn1. The number of carbonyl (C=O) groups is 1. The summed E-state index contributed by atoms with van der Waals surface area (Å²) in [6, 6.07) is 8.21. The normalized spacial score (nSPS) is 13.0. The van der Waals surface area contributed by atoms with Gasteiger partial charge in [0.1, 0.15) is 0 Å². The quantitative estimate of drug-likeness (QED) is 0.686. The molecule has 1 aromatic carbocycles. The summed E-state index contributed by atoms with van der Waals surface area (Å²) in [6.07, 6.45) is 1.15. The van der Waals surface area contributed by atoms with Crippen LogP contribution in [0.2, 0.25) is 0 Å². The summed E-state index contributed by atoms with van der Waals surface area (Å²) < 4.78 is 37.9. The van der Waals surface area contributed by atoms with Gasteiger partial charge in [-0.2, -0.15) is 13.2 Å². The Balaban J connectivity index is 1.43. The monoisotopic (exact) mass is 411 g/mol. The van der Waals surface area contributed by atoms with Gasteiger partial charge in [-0.1, -0.05) is 18.2 Å². The third kappa shape index (κ3) is 4.14. The lowest BCUT2D eigenvalue weighted by molar-refractivity contribution is -0.137. The number of halogens is 3. The summed E-state index contributed by atoms with van der Waals surface area (Å²) in [5, 5.41) is 2.81. The third-order valence-corrected chi connectivity index (χ3v) is 4.65. The fraction of sp³-hybridized carbons (Fsp3) is 0.143. The zero-order chi connectivity index (χ0) is 21.3. The van der Waals surface area contributed by atoms with E-state index in [-0.39, 0.29) is 18.3 Å². The molecule has 6 nitrogen and oxygen atoms in total. The molecule has 9 heteroatoms. The van der Waals surface area contributed by atoms with E-state index in [2.05, 4.69) is 20.3 Å². The minimum Gasteiger partial charge on any atom is -0.368 e. The number of amides is 1. The number of allylic oxidation sites excluding steroid dienone is 1. The molecule has 0 radical (unpaired) electrons. The van der Waals surface area contributed by atoms with E-state index >= 15 is 0 Å². The first-order chi connectivity index (χ1) is 14.3. The fourth-order valence-corrected chi connectivity index (χ4v) is 3.15. The standard InChI is InChI=1S/C21H16F3N5O/c22-21(23,24)14-3-1-12(2-4-14)9-19(30)29-18-8-7-17-15(18)5-6-16(28-17)13-10-26-20(25)27-11-13/h1-6,8,10-11H,7,9H2,(H,29,30)(H2,25,26,27). The molecule has 0 aliphatic heterocycles. The molecule has 0 bridgehead atoms. The number of pyridine rings is 1. The number of alkyl halides is 3. The number of nitrogens with one attached hydrogen (secondary N) is 1. The summed E-state index contributed by atoms with van der Waals surface area (Å²) in [5.41, 5.74) is 8.91. The number of hydrogen-bond donors (Lipinski definition) is 2. The largest absolute Gasteiger partial charge is 0.416 e. The first-order valence-corrected chi connectivity index (χ1v) is 9.04. The van der Waals surface area contributed by atoms with Crippen molar-refractivity contribution in [2.24, 2.45) is 0 Å². The van der Waals surface area contributed by atoms with Crippen molar-refractivity contribution in [1.82, 2.24) is 20.3 Å². The van der Waals surface area contributed by atoms with Gasteiger partial charge in [0.15, 0.2) is 0 Å². The van der Waals surface area contributed by atoms with E-state index in [1.54, 1.807) is 18.5 Å². The molecule has 1 amide bonds. The summed E-state index contributed by atoms with van der Waals surface area (Å²) >= 11 is 0. The van der Waals surface area contributed by atoms with Gasteiger partial charge in [0.05, 0.1) is 23.4 Å². The zero-order valence-corrected chi connectivity index (χ0v) is 15.6. The molecule has 1 aliphatic carbocycles. The van der Waals surface area contributed by atoms with Crippen LogP contribution < -0.4 is 11.1 Å². The molecule has 0 atom stereocenters. The van der Waals surface area contributed by atoms with Gasteiger partial charge >= 0.3 is 6.18 Å². The van der Waals surface area contributed by atoms with Crippen LogP contribution in [0.5, 0.6) is 0 Å². The predicted molar refractivity (Wildman–Crippen MR) is 105 cm³/mol. The third-order valence-electron chi connectivity index (χ3n) is 4.65. The van der Waals surface area contributed by atoms with Crippen LogP contribution in [0.4, 0.5) is 19.1 Å². The van der Waals surface area contributed by atoms with Gasteiger partial charge in [0, 0.05) is 35.6 Å². The number of aromatic nitrogens is 3. The topological polar surface area (TPSA) is 93.8 Å². The number of nitrogens with two attached hydrogens (primary N) is 1. The number of nitrogens with zero attached hydrogens (tertiary/aromatic N) is 3. The maximum atomic E-state index is 12.6. The predicted octanol–water partition coefficient (Wildman–Crippen LogP) is 3.40. The summed E-state index contributed by atoms with van der Waals surface area (Å²) in [5.74, 6) is -0.135. The van der Waals surface area contributed by atoms with Gasteiger partial charge < -0.3 is 11.1 Å². The maximum absolute atomic E-state index is 12.6. The van der Waals surface area contributed by atoms with Crippen molar-refractivity contribution in [3.63, 3.8) is 0 Å². The van der Waals surface area contributed by atoms with Crippen LogP contribution in [-0.4, -0.2) is 20.9 Å². The van der Waals surface area contributed by atoms with Gasteiger partial charge in [-0.15, -0.1) is 0 Å². The zero-order valence-electron chi connectivity index (χ0n) is 15.6. The lowest BCUT2D eigenvalue weighted by Gasteiger charge is -2.10. The highest BCUT2D eigenvalue weighted by Crippen LogP contribution is 2.29. The Morgan fingerprint density at radius 2 is 1.77 bits per heavy atom. The van der Waals surface area contributed by atoms with Gasteiger partial charge in [-0.25, -0.2) is 9.97 Å². The lowest BCUT2D eigenvalue weighted by Crippen LogP contribution is -2.23. The second-order valence-corrected chi connectivity index (χ2v) is 6.76. The molecule has 2 aromatic heterocycles. The number of fused-ring (bicyclic) bond motifs is 1. The van der Waals surface area contributed by atoms with E-state index in [1.165, 1.54) is 12.1 Å². The molecule has 0 spiro atoms. The second kappa shape index (κ2) is 7.58. The maximum Gasteiger partial charge on any atom is 0.416 e. The van der Waals surface area contributed by atoms with Crippen molar-refractivity contribution in [3.05, 3.63) is 77.3 Å². The average Bonchev–Trinajstić information content (AvgIpc) is 3.10. The lowest BCUT2D eigenvalue weighted by atomic mass is 10.1. The summed E-state index contributed by atoms with van der Waals surface area (Å²) in [7, 11) is 0. The molecule has 0 saturated heterocycles. The summed E-state index contributed by atoms with van der Waals surface area (Å²) in [6.45, 7) is 0. The highest BCUT2D eigenvalue weighted by Gasteiger charge is 2.30. The van der Waals surface area contributed by atoms with Crippen LogP contribution in [0.3, 0.4) is 0 Å². The summed E-state index contributed by atoms with van der Waals surface area (Å²) in [4.78, 5) is 24.9. The number of hydrogen-bond acceptors (Lipinski definition) is 5. The van der Waals surface area contributed by atoms with Gasteiger partial charge in [0.2, 0.25) is 11.9 Å². The number of carbonyl (C=O) groups excluding carboxylic acids is 1. The van der Waals surface area contributed by atoms with Crippen molar-refractivity contribution in [2.75, 3.05) is 5.73 Å².